The Morgan fingerprint density at radius 2 is 0.920 bits per heavy atom. The maximum atomic E-state index is 13.0. The molecular formula is C64H115NO10. The van der Waals surface area contributed by atoms with Gasteiger partial charge < -0.3 is 45.1 Å². The van der Waals surface area contributed by atoms with Crippen molar-refractivity contribution < 1.29 is 49.3 Å². The van der Waals surface area contributed by atoms with Gasteiger partial charge in [0.15, 0.2) is 6.29 Å². The van der Waals surface area contributed by atoms with E-state index in [1.54, 1.807) is 6.08 Å². The summed E-state index contributed by atoms with van der Waals surface area (Å²) >= 11 is 0. The Hall–Kier alpha value is -2.64. The van der Waals surface area contributed by atoms with E-state index in [1.807, 2.05) is 6.08 Å². The highest BCUT2D eigenvalue weighted by Gasteiger charge is 2.44. The van der Waals surface area contributed by atoms with Gasteiger partial charge in [0, 0.05) is 12.8 Å². The first kappa shape index (κ1) is 70.4. The molecule has 75 heavy (non-hydrogen) atoms. The minimum atomic E-state index is -1.57. The summed E-state index contributed by atoms with van der Waals surface area (Å²) in [5.41, 5.74) is 0. The van der Waals surface area contributed by atoms with E-state index < -0.39 is 49.5 Å². The third-order valence-electron chi connectivity index (χ3n) is 14.3. The molecule has 1 saturated heterocycles. The Morgan fingerprint density at radius 1 is 0.493 bits per heavy atom. The zero-order valence-corrected chi connectivity index (χ0v) is 48.0. The van der Waals surface area contributed by atoms with Gasteiger partial charge in [0.2, 0.25) is 5.91 Å². The second-order valence-electron chi connectivity index (χ2n) is 21.4. The van der Waals surface area contributed by atoms with Gasteiger partial charge in [0.25, 0.3) is 0 Å². The Morgan fingerprint density at radius 3 is 1.40 bits per heavy atom. The van der Waals surface area contributed by atoms with Crippen LogP contribution >= 0.6 is 0 Å². The van der Waals surface area contributed by atoms with Gasteiger partial charge in [-0.1, -0.05) is 229 Å². The lowest BCUT2D eigenvalue weighted by molar-refractivity contribution is -0.302. The summed E-state index contributed by atoms with van der Waals surface area (Å²) in [5.74, 6) is -0.215. The van der Waals surface area contributed by atoms with Crippen molar-refractivity contribution in [3.63, 3.8) is 0 Å². The lowest BCUT2D eigenvalue weighted by Gasteiger charge is -2.40. The number of hydrogen-bond acceptors (Lipinski definition) is 10. The second kappa shape index (κ2) is 53.4. The Labute approximate surface area is 458 Å². The topological polar surface area (TPSA) is 175 Å². The van der Waals surface area contributed by atoms with Gasteiger partial charge in [-0.25, -0.2) is 0 Å². The fourth-order valence-electron chi connectivity index (χ4n) is 9.38. The number of aliphatic hydroxyl groups is 5. The summed E-state index contributed by atoms with van der Waals surface area (Å²) in [6.07, 6.45) is 58.9. The van der Waals surface area contributed by atoms with Crippen LogP contribution in [0.5, 0.6) is 0 Å². The van der Waals surface area contributed by atoms with Crippen molar-refractivity contribution in [1.82, 2.24) is 5.32 Å². The Balaban J connectivity index is 2.05. The Kier molecular flexibility index (Phi) is 50.1. The number of allylic oxidation sites excluding steroid dienone is 9. The molecule has 1 aliphatic rings. The highest BCUT2D eigenvalue weighted by Crippen LogP contribution is 2.23. The average Bonchev–Trinajstić information content (AvgIpc) is 3.41. The van der Waals surface area contributed by atoms with E-state index in [1.165, 1.54) is 141 Å². The summed E-state index contributed by atoms with van der Waals surface area (Å²) in [7, 11) is 0. The minimum absolute atomic E-state index is 0.0208. The molecule has 6 N–H and O–H groups in total. The smallest absolute Gasteiger partial charge is 0.305 e. The molecule has 0 aromatic heterocycles. The van der Waals surface area contributed by atoms with E-state index in [4.69, 9.17) is 14.2 Å². The van der Waals surface area contributed by atoms with Crippen molar-refractivity contribution >= 4 is 11.9 Å². The normalized spacial score (nSPS) is 19.2. The number of nitrogens with one attached hydrogen (secondary N) is 1. The summed E-state index contributed by atoms with van der Waals surface area (Å²) in [6, 6.07) is -0.818. The number of carbonyl (C=O) groups excluding carboxylic acids is 2. The van der Waals surface area contributed by atoms with Crippen molar-refractivity contribution in [3.05, 3.63) is 60.8 Å². The standard InChI is InChI=1S/C64H115NO10/c1-3-5-7-9-11-13-15-27-32-36-40-44-48-52-60(69)73-53-49-45-41-37-33-29-26-24-22-20-18-16-17-19-21-23-25-28-31-35-39-43-47-51-59(68)65-56(55-74-64-63(72)62(71)61(70)58(54-66)75-64)57(67)50-46-42-38-34-30-14-12-10-8-6-4-2/h7,9,13,15-16,18-19,21,46,50,56-58,61-64,66-67,70-72H,3-6,8,10-12,14,17,20,22-45,47-49,51-55H2,1-2H3,(H,65,68)/b9-7-,15-13-,18-16-,21-19-,50-46+. The van der Waals surface area contributed by atoms with E-state index in [0.717, 1.165) is 103 Å². The minimum Gasteiger partial charge on any atom is -0.466 e. The van der Waals surface area contributed by atoms with Crippen molar-refractivity contribution in [3.8, 4) is 0 Å². The molecule has 0 aromatic carbocycles. The zero-order valence-electron chi connectivity index (χ0n) is 48.0. The molecule has 7 atom stereocenters. The third kappa shape index (κ3) is 43.0. The molecule has 11 nitrogen and oxygen atoms in total. The van der Waals surface area contributed by atoms with Gasteiger partial charge >= 0.3 is 5.97 Å². The van der Waals surface area contributed by atoms with Crippen LogP contribution in [-0.4, -0.2) is 100 Å². The molecule has 7 unspecified atom stereocenters. The third-order valence-corrected chi connectivity index (χ3v) is 14.3. The number of aliphatic hydroxyl groups excluding tert-OH is 5. The first-order valence-corrected chi connectivity index (χ1v) is 31.1. The molecule has 11 heteroatoms. The molecule has 0 radical (unpaired) electrons. The predicted octanol–water partition coefficient (Wildman–Crippen LogP) is 14.6. The van der Waals surface area contributed by atoms with Crippen LogP contribution < -0.4 is 5.32 Å². The maximum Gasteiger partial charge on any atom is 0.305 e. The highest BCUT2D eigenvalue weighted by atomic mass is 16.7. The first-order valence-electron chi connectivity index (χ1n) is 31.1. The lowest BCUT2D eigenvalue weighted by Crippen LogP contribution is -2.60. The number of rotatable bonds is 53. The van der Waals surface area contributed by atoms with Gasteiger partial charge in [-0.05, 0) is 89.9 Å². The molecule has 1 aliphatic heterocycles. The number of carbonyl (C=O) groups is 2. The largest absolute Gasteiger partial charge is 0.466 e. The number of amides is 1. The van der Waals surface area contributed by atoms with Gasteiger partial charge in [-0.3, -0.25) is 9.59 Å². The fourth-order valence-corrected chi connectivity index (χ4v) is 9.38. The summed E-state index contributed by atoms with van der Waals surface area (Å²) in [6.45, 7) is 4.25. The number of ether oxygens (including phenoxy) is 3. The highest BCUT2D eigenvalue weighted by molar-refractivity contribution is 5.76. The van der Waals surface area contributed by atoms with E-state index in [2.05, 4.69) is 67.8 Å². The molecule has 0 aromatic rings. The monoisotopic (exact) mass is 1060 g/mol. The molecule has 1 rings (SSSR count). The molecular weight excluding hydrogens is 943 g/mol. The average molecular weight is 1060 g/mol. The van der Waals surface area contributed by atoms with Gasteiger partial charge in [0.05, 0.1) is 32.0 Å². The molecule has 0 saturated carbocycles. The summed E-state index contributed by atoms with van der Waals surface area (Å²) < 4.78 is 16.7. The summed E-state index contributed by atoms with van der Waals surface area (Å²) in [5, 5.41) is 54.3. The Bertz CT molecular complexity index is 1430. The van der Waals surface area contributed by atoms with Crippen LogP contribution in [0.15, 0.2) is 60.8 Å². The summed E-state index contributed by atoms with van der Waals surface area (Å²) in [4.78, 5) is 25.1. The lowest BCUT2D eigenvalue weighted by atomic mass is 9.99. The van der Waals surface area contributed by atoms with Crippen molar-refractivity contribution in [1.29, 1.82) is 0 Å². The quantitative estimate of drug-likeness (QED) is 0.0195. The van der Waals surface area contributed by atoms with Crippen LogP contribution in [0.3, 0.4) is 0 Å². The number of hydrogen-bond donors (Lipinski definition) is 6. The van der Waals surface area contributed by atoms with Crippen molar-refractivity contribution in [2.24, 2.45) is 0 Å². The first-order chi connectivity index (χ1) is 36.7. The van der Waals surface area contributed by atoms with E-state index in [0.29, 0.717) is 19.4 Å². The van der Waals surface area contributed by atoms with Crippen LogP contribution in [-0.2, 0) is 23.8 Å². The number of esters is 1. The molecule has 1 fully saturated rings. The number of unbranched alkanes of at least 4 members (excludes halogenated alkanes) is 31. The van der Waals surface area contributed by atoms with Crippen LogP contribution in [0.4, 0.5) is 0 Å². The molecule has 0 aliphatic carbocycles. The SMILES string of the molecule is CCC/C=C\C/C=C\CCCCCCCC(=O)OCCCCCCCCCCC/C=C\C/C=C\CCCCCCCCCC(=O)NC(COC1OC(CO)C(O)C(O)C1O)C(O)/C=C/CCCCCCCCCCC. The molecule has 0 spiro atoms. The molecule has 436 valence electrons. The maximum absolute atomic E-state index is 13.0. The van der Waals surface area contributed by atoms with Gasteiger partial charge in [-0.15, -0.1) is 0 Å². The molecule has 1 heterocycles. The van der Waals surface area contributed by atoms with E-state index in [9.17, 15) is 35.1 Å². The van der Waals surface area contributed by atoms with Crippen LogP contribution in [0.1, 0.15) is 271 Å². The molecule has 1 amide bonds. The van der Waals surface area contributed by atoms with E-state index >= 15 is 0 Å². The van der Waals surface area contributed by atoms with Crippen LogP contribution in [0, 0.1) is 0 Å². The van der Waals surface area contributed by atoms with Crippen molar-refractivity contribution in [2.45, 2.75) is 314 Å². The second-order valence-corrected chi connectivity index (χ2v) is 21.4. The zero-order chi connectivity index (χ0) is 54.5. The molecule has 0 bridgehead atoms. The van der Waals surface area contributed by atoms with Crippen LogP contribution in [0.2, 0.25) is 0 Å². The van der Waals surface area contributed by atoms with E-state index in [-0.39, 0.29) is 18.5 Å². The van der Waals surface area contributed by atoms with Crippen molar-refractivity contribution in [2.75, 3.05) is 19.8 Å². The van der Waals surface area contributed by atoms with Gasteiger partial charge in [-0.2, -0.15) is 0 Å². The predicted molar refractivity (Wildman–Crippen MR) is 310 cm³/mol. The van der Waals surface area contributed by atoms with Gasteiger partial charge in [0.1, 0.15) is 24.4 Å². The fraction of sp³-hybridized carbons (Fsp3) is 0.812. The van der Waals surface area contributed by atoms with Crippen LogP contribution in [0.25, 0.3) is 0 Å².